The van der Waals surface area contributed by atoms with Crippen LogP contribution in [0.2, 0.25) is 5.02 Å². The Labute approximate surface area is 163 Å². The van der Waals surface area contributed by atoms with E-state index >= 15 is 0 Å². The van der Waals surface area contributed by atoms with Crippen LogP contribution < -0.4 is 10.1 Å². The Bertz CT molecular complexity index is 765. The summed E-state index contributed by atoms with van der Waals surface area (Å²) in [6.07, 6.45) is 2.55. The van der Waals surface area contributed by atoms with Gasteiger partial charge in [-0.2, -0.15) is 0 Å². The van der Waals surface area contributed by atoms with Crippen LogP contribution in [0.25, 0.3) is 0 Å². The molecule has 1 saturated heterocycles. The number of nitrogens with zero attached hydrogens (tertiary/aromatic N) is 2. The molecule has 0 saturated carbocycles. The number of nitrogens with one attached hydrogen (secondary N) is 1. The predicted octanol–water partition coefficient (Wildman–Crippen LogP) is 4.35. The van der Waals surface area contributed by atoms with Crippen LogP contribution >= 0.6 is 22.9 Å². The van der Waals surface area contributed by atoms with Crippen molar-refractivity contribution in [3.05, 3.63) is 39.9 Å². The first-order valence-corrected chi connectivity index (χ1v) is 10.1. The van der Waals surface area contributed by atoms with Gasteiger partial charge in [0.15, 0.2) is 11.7 Å². The van der Waals surface area contributed by atoms with Crippen molar-refractivity contribution >= 4 is 34.0 Å². The smallest absolute Gasteiger partial charge is 0.264 e. The number of halogens is 1. The van der Waals surface area contributed by atoms with E-state index in [1.807, 2.05) is 18.4 Å². The first-order valence-electron chi connectivity index (χ1n) is 8.85. The number of thiazole rings is 1. The topological polar surface area (TPSA) is 54.5 Å². The third-order valence-electron chi connectivity index (χ3n) is 4.42. The Morgan fingerprint density at radius 1 is 1.50 bits per heavy atom. The molecule has 3 rings (SSSR count). The molecule has 140 valence electrons. The van der Waals surface area contributed by atoms with E-state index in [4.69, 9.17) is 16.3 Å². The van der Waals surface area contributed by atoms with Crippen molar-refractivity contribution in [2.75, 3.05) is 25.0 Å². The molecule has 0 aliphatic carbocycles. The van der Waals surface area contributed by atoms with Gasteiger partial charge in [-0.1, -0.05) is 18.5 Å². The number of piperidine rings is 1. The zero-order valence-corrected chi connectivity index (χ0v) is 16.7. The molecule has 0 bridgehead atoms. The van der Waals surface area contributed by atoms with Gasteiger partial charge in [-0.3, -0.25) is 15.0 Å². The van der Waals surface area contributed by atoms with Crippen molar-refractivity contribution in [1.29, 1.82) is 0 Å². The zero-order valence-electron chi connectivity index (χ0n) is 15.1. The Kier molecular flexibility index (Phi) is 6.51. The molecule has 1 aliphatic rings. The fraction of sp³-hybridized carbons (Fsp3) is 0.474. The van der Waals surface area contributed by atoms with Gasteiger partial charge in [0.1, 0.15) is 5.75 Å². The summed E-state index contributed by atoms with van der Waals surface area (Å²) in [7, 11) is 0. The van der Waals surface area contributed by atoms with E-state index in [-0.39, 0.29) is 12.5 Å². The average Bonchev–Trinajstić information content (AvgIpc) is 3.03. The van der Waals surface area contributed by atoms with Gasteiger partial charge >= 0.3 is 0 Å². The highest BCUT2D eigenvalue weighted by atomic mass is 35.5. The van der Waals surface area contributed by atoms with Crippen molar-refractivity contribution in [3.63, 3.8) is 0 Å². The maximum absolute atomic E-state index is 12.1. The van der Waals surface area contributed by atoms with Gasteiger partial charge in [-0.15, -0.1) is 11.3 Å². The number of likely N-dealkylation sites (tertiary alicyclic amines) is 1. The number of amides is 1. The summed E-state index contributed by atoms with van der Waals surface area (Å²) in [6, 6.07) is 5.33. The fourth-order valence-electron chi connectivity index (χ4n) is 3.11. The van der Waals surface area contributed by atoms with Crippen molar-refractivity contribution in [1.82, 2.24) is 9.88 Å². The minimum Gasteiger partial charge on any atom is -0.484 e. The van der Waals surface area contributed by atoms with Gasteiger partial charge < -0.3 is 4.74 Å². The molecule has 2 heterocycles. The highest BCUT2D eigenvalue weighted by Gasteiger charge is 2.17. The largest absolute Gasteiger partial charge is 0.484 e. The summed E-state index contributed by atoms with van der Waals surface area (Å²) in [6.45, 7) is 7.22. The molecule has 5 nitrogen and oxygen atoms in total. The Morgan fingerprint density at radius 2 is 2.35 bits per heavy atom. The van der Waals surface area contributed by atoms with E-state index in [0.29, 0.717) is 15.9 Å². The van der Waals surface area contributed by atoms with Gasteiger partial charge in [0.2, 0.25) is 0 Å². The van der Waals surface area contributed by atoms with Gasteiger partial charge in [0, 0.05) is 23.5 Å². The summed E-state index contributed by atoms with van der Waals surface area (Å²) in [5.74, 6) is 1.15. The van der Waals surface area contributed by atoms with Crippen LogP contribution in [0.1, 0.15) is 31.0 Å². The van der Waals surface area contributed by atoms with Gasteiger partial charge in [-0.25, -0.2) is 4.98 Å². The third-order valence-corrected chi connectivity index (χ3v) is 5.65. The van der Waals surface area contributed by atoms with E-state index in [1.165, 1.54) is 24.2 Å². The molecule has 0 radical (unpaired) electrons. The molecule has 7 heteroatoms. The van der Waals surface area contributed by atoms with E-state index in [0.717, 1.165) is 36.8 Å². The van der Waals surface area contributed by atoms with Crippen LogP contribution in [-0.2, 0) is 11.3 Å². The van der Waals surface area contributed by atoms with E-state index in [9.17, 15) is 4.79 Å². The average molecular weight is 394 g/mol. The van der Waals surface area contributed by atoms with Crippen LogP contribution in [0.4, 0.5) is 5.13 Å². The second kappa shape index (κ2) is 8.84. The Hall–Kier alpha value is -1.63. The maximum atomic E-state index is 12.1. The molecular weight excluding hydrogens is 370 g/mol. The molecule has 1 aromatic heterocycles. The molecule has 0 spiro atoms. The summed E-state index contributed by atoms with van der Waals surface area (Å²) in [5.41, 5.74) is 1.93. The second-order valence-corrected chi connectivity index (χ2v) is 8.14. The van der Waals surface area contributed by atoms with Gasteiger partial charge in [-0.05, 0) is 56.0 Å². The van der Waals surface area contributed by atoms with Crippen molar-refractivity contribution in [2.45, 2.75) is 33.2 Å². The molecule has 1 N–H and O–H groups in total. The van der Waals surface area contributed by atoms with Crippen LogP contribution in [0.5, 0.6) is 5.75 Å². The van der Waals surface area contributed by atoms with Crippen LogP contribution in [0.15, 0.2) is 23.6 Å². The number of carbonyl (C=O) groups is 1. The van der Waals surface area contributed by atoms with E-state index in [2.05, 4.69) is 22.1 Å². The zero-order chi connectivity index (χ0) is 18.5. The van der Waals surface area contributed by atoms with Gasteiger partial charge in [0.05, 0.1) is 5.69 Å². The SMILES string of the molecule is Cc1cc(OCC(=O)Nc2nc(CN3CCC[C@@H](C)C3)cs2)ccc1Cl. The third kappa shape index (κ3) is 5.43. The highest BCUT2D eigenvalue weighted by Crippen LogP contribution is 2.22. The summed E-state index contributed by atoms with van der Waals surface area (Å²) >= 11 is 7.44. The summed E-state index contributed by atoms with van der Waals surface area (Å²) in [4.78, 5) is 19.0. The molecule has 1 aliphatic heterocycles. The van der Waals surface area contributed by atoms with Crippen LogP contribution in [0, 0.1) is 12.8 Å². The van der Waals surface area contributed by atoms with Gasteiger partial charge in [0.25, 0.3) is 5.91 Å². The van der Waals surface area contributed by atoms with Crippen LogP contribution in [-0.4, -0.2) is 35.5 Å². The lowest BCUT2D eigenvalue weighted by molar-refractivity contribution is -0.118. The van der Waals surface area contributed by atoms with E-state index in [1.54, 1.807) is 12.1 Å². The second-order valence-electron chi connectivity index (χ2n) is 6.87. The summed E-state index contributed by atoms with van der Waals surface area (Å²) in [5, 5.41) is 6.11. The maximum Gasteiger partial charge on any atom is 0.264 e. The quantitative estimate of drug-likeness (QED) is 0.792. The number of benzene rings is 1. The first kappa shape index (κ1) is 19.1. The fourth-order valence-corrected chi connectivity index (χ4v) is 3.94. The number of aryl methyl sites for hydroxylation is 1. The number of carbonyl (C=O) groups excluding carboxylic acids is 1. The van der Waals surface area contributed by atoms with Crippen molar-refractivity contribution < 1.29 is 9.53 Å². The molecule has 1 fully saturated rings. The molecule has 1 atom stereocenters. The molecule has 2 aromatic rings. The Balaban J connectivity index is 1.47. The number of ether oxygens (including phenoxy) is 1. The lowest BCUT2D eigenvalue weighted by Crippen LogP contribution is -2.33. The molecule has 1 aromatic carbocycles. The number of anilines is 1. The summed E-state index contributed by atoms with van der Waals surface area (Å²) < 4.78 is 5.51. The number of aromatic nitrogens is 1. The van der Waals surface area contributed by atoms with E-state index < -0.39 is 0 Å². The normalized spacial score (nSPS) is 17.9. The highest BCUT2D eigenvalue weighted by molar-refractivity contribution is 7.13. The minimum atomic E-state index is -0.218. The first-order chi connectivity index (χ1) is 12.5. The molecule has 1 amide bonds. The lowest BCUT2D eigenvalue weighted by Gasteiger charge is -2.30. The Morgan fingerprint density at radius 3 is 3.12 bits per heavy atom. The van der Waals surface area contributed by atoms with Crippen molar-refractivity contribution in [2.24, 2.45) is 5.92 Å². The molecular formula is C19H24ClN3O2S. The standard InChI is InChI=1S/C19H24ClN3O2S/c1-13-4-3-7-23(9-13)10-15-12-26-19(21-15)22-18(24)11-25-16-5-6-17(20)14(2)8-16/h5-6,8,12-13H,3-4,7,9-11H2,1-2H3,(H,21,22,24)/t13-/m1/s1. The predicted molar refractivity (Wildman–Crippen MR) is 106 cm³/mol. The number of hydrogen-bond acceptors (Lipinski definition) is 5. The molecule has 0 unspecified atom stereocenters. The number of hydrogen-bond donors (Lipinski definition) is 1. The monoisotopic (exact) mass is 393 g/mol. The molecule has 26 heavy (non-hydrogen) atoms. The number of rotatable bonds is 6. The minimum absolute atomic E-state index is 0.0559. The van der Waals surface area contributed by atoms with Crippen molar-refractivity contribution in [3.8, 4) is 5.75 Å². The lowest BCUT2D eigenvalue weighted by atomic mass is 10.0. The van der Waals surface area contributed by atoms with Crippen LogP contribution in [0.3, 0.4) is 0 Å².